The van der Waals surface area contributed by atoms with E-state index < -0.39 is 0 Å². The summed E-state index contributed by atoms with van der Waals surface area (Å²) in [7, 11) is 0. The van der Waals surface area contributed by atoms with Crippen LogP contribution in [0.3, 0.4) is 0 Å². The first-order valence-corrected chi connectivity index (χ1v) is 4.37. The molecule has 0 fully saturated rings. The molecule has 1 nitrogen and oxygen atoms in total. The first kappa shape index (κ1) is 14.2. The highest BCUT2D eigenvalue weighted by Crippen LogP contribution is 2.08. The SMILES string of the molecule is C=CC(=C)/C(=C\C=C/C)N=C.CC. The molecule has 0 heterocycles. The number of nitrogens with zero attached hydrogens (tertiary/aromatic N) is 1. The van der Waals surface area contributed by atoms with Crippen LogP contribution in [-0.4, -0.2) is 6.72 Å². The van der Waals surface area contributed by atoms with E-state index in [0.717, 1.165) is 11.3 Å². The van der Waals surface area contributed by atoms with Crippen molar-refractivity contribution < 1.29 is 0 Å². The summed E-state index contributed by atoms with van der Waals surface area (Å²) in [5.74, 6) is 0. The van der Waals surface area contributed by atoms with Crippen LogP contribution in [0, 0.1) is 0 Å². The van der Waals surface area contributed by atoms with Crippen molar-refractivity contribution in [2.45, 2.75) is 20.8 Å². The molecule has 0 aliphatic heterocycles. The zero-order valence-corrected chi connectivity index (χ0v) is 8.88. The van der Waals surface area contributed by atoms with Crippen LogP contribution in [0.25, 0.3) is 0 Å². The lowest BCUT2D eigenvalue weighted by Crippen LogP contribution is -1.78. The Balaban J connectivity index is 0. The molecule has 0 rings (SSSR count). The first-order valence-electron chi connectivity index (χ1n) is 4.37. The molecular weight excluding hydrogens is 158 g/mol. The zero-order chi connectivity index (χ0) is 10.7. The summed E-state index contributed by atoms with van der Waals surface area (Å²) >= 11 is 0. The summed E-state index contributed by atoms with van der Waals surface area (Å²) in [5, 5.41) is 0. The summed E-state index contributed by atoms with van der Waals surface area (Å²) < 4.78 is 0. The molecule has 72 valence electrons. The number of allylic oxidation sites excluding steroid dienone is 4. The van der Waals surface area contributed by atoms with Gasteiger partial charge in [-0.05, 0) is 25.3 Å². The Bertz CT molecular complexity index is 219. The van der Waals surface area contributed by atoms with E-state index in [2.05, 4.69) is 24.9 Å². The monoisotopic (exact) mass is 177 g/mol. The van der Waals surface area contributed by atoms with Crippen LogP contribution < -0.4 is 0 Å². The molecule has 0 amide bonds. The molecule has 0 spiro atoms. The average Bonchev–Trinajstić information content (AvgIpc) is 2.21. The van der Waals surface area contributed by atoms with E-state index in [9.17, 15) is 0 Å². The maximum atomic E-state index is 3.79. The van der Waals surface area contributed by atoms with Gasteiger partial charge in [0.1, 0.15) is 0 Å². The highest BCUT2D eigenvalue weighted by molar-refractivity contribution is 5.43. The Hall–Kier alpha value is -1.37. The van der Waals surface area contributed by atoms with Crippen molar-refractivity contribution in [2.75, 3.05) is 0 Å². The fourth-order valence-corrected chi connectivity index (χ4v) is 0.553. The zero-order valence-electron chi connectivity index (χ0n) is 8.88. The largest absolute Gasteiger partial charge is 0.264 e. The second kappa shape index (κ2) is 10.6. The molecule has 0 unspecified atom stereocenters. The van der Waals surface area contributed by atoms with Gasteiger partial charge in [0.05, 0.1) is 5.70 Å². The highest BCUT2D eigenvalue weighted by atomic mass is 14.7. The van der Waals surface area contributed by atoms with Gasteiger partial charge in [-0.2, -0.15) is 0 Å². The van der Waals surface area contributed by atoms with Gasteiger partial charge in [0.15, 0.2) is 0 Å². The first-order chi connectivity index (χ1) is 6.26. The van der Waals surface area contributed by atoms with Crippen molar-refractivity contribution in [2.24, 2.45) is 4.99 Å². The van der Waals surface area contributed by atoms with Crippen LogP contribution in [0.2, 0.25) is 0 Å². The van der Waals surface area contributed by atoms with E-state index in [1.165, 1.54) is 0 Å². The molecule has 0 atom stereocenters. The molecule has 0 N–H and O–H groups in total. The molecule has 0 saturated carbocycles. The molecule has 0 saturated heterocycles. The van der Waals surface area contributed by atoms with Crippen LogP contribution in [-0.2, 0) is 0 Å². The minimum absolute atomic E-state index is 0.762. The van der Waals surface area contributed by atoms with Crippen LogP contribution in [0.15, 0.2) is 53.7 Å². The van der Waals surface area contributed by atoms with Crippen molar-refractivity contribution in [3.05, 3.63) is 48.7 Å². The van der Waals surface area contributed by atoms with E-state index in [4.69, 9.17) is 0 Å². The minimum Gasteiger partial charge on any atom is -0.264 e. The third-order valence-electron chi connectivity index (χ3n) is 1.19. The molecule has 0 aliphatic rings. The van der Waals surface area contributed by atoms with Crippen molar-refractivity contribution in [1.82, 2.24) is 0 Å². The minimum atomic E-state index is 0.762. The standard InChI is InChI=1S/C10H13N.C2H6/c1-5-7-8-10(11-4)9(3)6-2;1-2/h5-8H,2-4H2,1H3;1-2H3/b7-5-,10-8+;. The Kier molecular flexibility index (Phi) is 11.6. The second-order valence-electron chi connectivity index (χ2n) is 1.97. The average molecular weight is 177 g/mol. The van der Waals surface area contributed by atoms with E-state index >= 15 is 0 Å². The molecule has 0 aromatic heterocycles. The fraction of sp³-hybridized carbons (Fsp3) is 0.250. The van der Waals surface area contributed by atoms with E-state index in [1.807, 2.05) is 39.0 Å². The van der Waals surface area contributed by atoms with Crippen molar-refractivity contribution in [3.63, 3.8) is 0 Å². The fourth-order valence-electron chi connectivity index (χ4n) is 0.553. The quantitative estimate of drug-likeness (QED) is 0.456. The Morgan fingerprint density at radius 3 is 2.15 bits per heavy atom. The van der Waals surface area contributed by atoms with Gasteiger partial charge in [-0.15, -0.1) is 0 Å². The van der Waals surface area contributed by atoms with Crippen molar-refractivity contribution >= 4 is 6.72 Å². The lowest BCUT2D eigenvalue weighted by Gasteiger charge is -1.96. The number of rotatable bonds is 4. The maximum Gasteiger partial charge on any atom is 0.0688 e. The molecule has 0 bridgehead atoms. The van der Waals surface area contributed by atoms with Gasteiger partial charge in [-0.25, -0.2) is 0 Å². The Morgan fingerprint density at radius 2 is 1.85 bits per heavy atom. The summed E-state index contributed by atoms with van der Waals surface area (Å²) in [6.07, 6.45) is 7.31. The van der Waals surface area contributed by atoms with Crippen molar-refractivity contribution in [1.29, 1.82) is 0 Å². The third-order valence-corrected chi connectivity index (χ3v) is 1.19. The smallest absolute Gasteiger partial charge is 0.0688 e. The maximum absolute atomic E-state index is 3.79. The molecule has 0 radical (unpaired) electrons. The van der Waals surface area contributed by atoms with Gasteiger partial charge in [0.25, 0.3) is 0 Å². The Labute approximate surface area is 81.9 Å². The lowest BCUT2D eigenvalue weighted by atomic mass is 10.2. The van der Waals surface area contributed by atoms with Gasteiger partial charge in [0.2, 0.25) is 0 Å². The van der Waals surface area contributed by atoms with Gasteiger partial charge in [-0.1, -0.05) is 45.2 Å². The molecule has 0 aromatic carbocycles. The third kappa shape index (κ3) is 7.01. The predicted octanol–water partition coefficient (Wildman–Crippen LogP) is 3.92. The molecule has 0 aliphatic carbocycles. The Morgan fingerprint density at radius 1 is 1.31 bits per heavy atom. The summed E-state index contributed by atoms with van der Waals surface area (Å²) in [4.78, 5) is 3.79. The van der Waals surface area contributed by atoms with Crippen LogP contribution >= 0.6 is 0 Å². The van der Waals surface area contributed by atoms with Gasteiger partial charge >= 0.3 is 0 Å². The molecule has 13 heavy (non-hydrogen) atoms. The van der Waals surface area contributed by atoms with E-state index in [0.29, 0.717) is 0 Å². The topological polar surface area (TPSA) is 12.4 Å². The van der Waals surface area contributed by atoms with E-state index in [1.54, 1.807) is 6.08 Å². The second-order valence-corrected chi connectivity index (χ2v) is 1.97. The lowest BCUT2D eigenvalue weighted by molar-refractivity contribution is 1.38. The summed E-state index contributed by atoms with van der Waals surface area (Å²) in [6, 6.07) is 0. The predicted molar refractivity (Wildman–Crippen MR) is 63.1 cm³/mol. The van der Waals surface area contributed by atoms with Gasteiger partial charge in [-0.3, -0.25) is 4.99 Å². The molecule has 1 heteroatoms. The summed E-state index contributed by atoms with van der Waals surface area (Å²) in [5.41, 5.74) is 1.55. The van der Waals surface area contributed by atoms with Gasteiger partial charge < -0.3 is 0 Å². The van der Waals surface area contributed by atoms with Crippen LogP contribution in [0.1, 0.15) is 20.8 Å². The van der Waals surface area contributed by atoms with Crippen LogP contribution in [0.5, 0.6) is 0 Å². The number of aliphatic imine (C=N–C) groups is 1. The normalized spacial score (nSPS) is 10.2. The molecule has 0 aromatic rings. The highest BCUT2D eigenvalue weighted by Gasteiger charge is 1.91. The van der Waals surface area contributed by atoms with Crippen molar-refractivity contribution in [3.8, 4) is 0 Å². The summed E-state index contributed by atoms with van der Waals surface area (Å²) in [6.45, 7) is 16.7. The van der Waals surface area contributed by atoms with Crippen LogP contribution in [0.4, 0.5) is 0 Å². The van der Waals surface area contributed by atoms with Gasteiger partial charge in [0, 0.05) is 0 Å². The molecular formula is C12H19N. The number of hydrogen-bond acceptors (Lipinski definition) is 1. The number of hydrogen-bond donors (Lipinski definition) is 0. The van der Waals surface area contributed by atoms with E-state index in [-0.39, 0.29) is 0 Å².